The van der Waals surface area contributed by atoms with Gasteiger partial charge in [0.1, 0.15) is 0 Å². The Kier molecular flexibility index (Phi) is 4.60. The summed E-state index contributed by atoms with van der Waals surface area (Å²) in [7, 11) is 0. The van der Waals surface area contributed by atoms with Crippen molar-refractivity contribution in [2.45, 2.75) is 6.54 Å². The van der Waals surface area contributed by atoms with Crippen LogP contribution in [0.15, 0.2) is 35.0 Å². The lowest BCUT2D eigenvalue weighted by molar-refractivity contribution is 0.0697. The maximum Gasteiger partial charge on any atom is 0.337 e. The van der Waals surface area contributed by atoms with E-state index in [4.69, 9.17) is 16.7 Å². The van der Waals surface area contributed by atoms with Crippen LogP contribution in [0, 0.1) is 0 Å². The molecule has 0 atom stereocenters. The Labute approximate surface area is 124 Å². The van der Waals surface area contributed by atoms with E-state index < -0.39 is 12.0 Å². The predicted molar refractivity (Wildman–Crippen MR) is 78.6 cm³/mol. The Hall–Kier alpha value is -2.05. The van der Waals surface area contributed by atoms with Gasteiger partial charge in [0.2, 0.25) is 0 Å². The maximum atomic E-state index is 11.7. The fourth-order valence-corrected chi connectivity index (χ4v) is 2.38. The molecule has 1 heterocycles. The Bertz CT molecular complexity index is 629. The van der Waals surface area contributed by atoms with Crippen molar-refractivity contribution in [3.63, 3.8) is 0 Å². The summed E-state index contributed by atoms with van der Waals surface area (Å²) in [6.07, 6.45) is 0. The molecule has 20 heavy (non-hydrogen) atoms. The highest BCUT2D eigenvalue weighted by Gasteiger charge is 2.10. The first kappa shape index (κ1) is 14.4. The van der Waals surface area contributed by atoms with Crippen LogP contribution >= 0.6 is 22.9 Å². The normalized spacial score (nSPS) is 10.1. The molecule has 0 aliphatic heterocycles. The average molecular weight is 311 g/mol. The highest BCUT2D eigenvalue weighted by atomic mass is 35.5. The largest absolute Gasteiger partial charge is 0.478 e. The summed E-state index contributed by atoms with van der Waals surface area (Å²) >= 11 is 7.30. The van der Waals surface area contributed by atoms with Crippen LogP contribution < -0.4 is 10.6 Å². The quantitative estimate of drug-likeness (QED) is 0.809. The first-order valence-electron chi connectivity index (χ1n) is 5.65. The minimum Gasteiger partial charge on any atom is -0.478 e. The highest BCUT2D eigenvalue weighted by Crippen LogP contribution is 2.20. The van der Waals surface area contributed by atoms with E-state index in [9.17, 15) is 9.59 Å². The number of hydrogen-bond acceptors (Lipinski definition) is 3. The number of carboxylic acids is 1. The smallest absolute Gasteiger partial charge is 0.337 e. The van der Waals surface area contributed by atoms with Gasteiger partial charge in [0.25, 0.3) is 0 Å². The maximum absolute atomic E-state index is 11.7. The van der Waals surface area contributed by atoms with Gasteiger partial charge in [-0.3, -0.25) is 0 Å². The summed E-state index contributed by atoms with van der Waals surface area (Å²) in [5.41, 5.74) is 1.32. The third-order valence-corrected chi connectivity index (χ3v) is 3.55. The van der Waals surface area contributed by atoms with Crippen LogP contribution in [0.25, 0.3) is 0 Å². The molecule has 0 saturated carbocycles. The van der Waals surface area contributed by atoms with Crippen LogP contribution in [-0.2, 0) is 6.54 Å². The zero-order chi connectivity index (χ0) is 14.5. The molecule has 7 heteroatoms. The Morgan fingerprint density at radius 1 is 1.30 bits per heavy atom. The van der Waals surface area contributed by atoms with Crippen molar-refractivity contribution >= 4 is 40.6 Å². The Morgan fingerprint density at radius 3 is 2.75 bits per heavy atom. The molecule has 1 aromatic heterocycles. The second-order valence-electron chi connectivity index (χ2n) is 3.94. The zero-order valence-electron chi connectivity index (χ0n) is 10.2. The molecule has 2 aromatic rings. The van der Waals surface area contributed by atoms with E-state index in [1.165, 1.54) is 12.1 Å². The predicted octanol–water partition coefficient (Wildman–Crippen LogP) is 3.42. The number of benzene rings is 1. The molecule has 104 valence electrons. The molecular formula is C13H11ClN2O3S. The van der Waals surface area contributed by atoms with Crippen LogP contribution in [-0.4, -0.2) is 17.1 Å². The standard InChI is InChI=1S/C13H11ClN2O3S/c14-11-2-1-9(5-10(11)12(17)18)16-13(19)15-6-8-3-4-20-7-8/h1-5,7H,6H2,(H,17,18)(H2,15,16,19). The number of rotatable bonds is 4. The molecule has 5 nitrogen and oxygen atoms in total. The number of carbonyl (C=O) groups is 2. The second-order valence-corrected chi connectivity index (χ2v) is 5.13. The van der Waals surface area contributed by atoms with E-state index in [1.54, 1.807) is 17.4 Å². The molecule has 2 rings (SSSR count). The first-order valence-corrected chi connectivity index (χ1v) is 6.97. The highest BCUT2D eigenvalue weighted by molar-refractivity contribution is 7.07. The lowest BCUT2D eigenvalue weighted by Gasteiger charge is -2.08. The molecule has 0 aliphatic rings. The molecule has 3 N–H and O–H groups in total. The lowest BCUT2D eigenvalue weighted by Crippen LogP contribution is -2.28. The minimum absolute atomic E-state index is 0.0534. The lowest BCUT2D eigenvalue weighted by atomic mass is 10.2. The number of halogens is 1. The number of carboxylic acid groups (broad SMARTS) is 1. The fourth-order valence-electron chi connectivity index (χ4n) is 1.52. The van der Waals surface area contributed by atoms with Crippen molar-refractivity contribution in [3.05, 3.63) is 51.2 Å². The average Bonchev–Trinajstić information content (AvgIpc) is 2.91. The third-order valence-electron chi connectivity index (χ3n) is 2.49. The molecule has 0 fully saturated rings. The Balaban J connectivity index is 1.97. The van der Waals surface area contributed by atoms with Crippen molar-refractivity contribution in [1.29, 1.82) is 0 Å². The van der Waals surface area contributed by atoms with Gasteiger partial charge in [0, 0.05) is 12.2 Å². The van der Waals surface area contributed by atoms with Gasteiger partial charge in [0.05, 0.1) is 10.6 Å². The Morgan fingerprint density at radius 2 is 2.10 bits per heavy atom. The number of thiophene rings is 1. The molecule has 0 aliphatic carbocycles. The van der Waals surface area contributed by atoms with Gasteiger partial charge in [-0.25, -0.2) is 9.59 Å². The van der Waals surface area contributed by atoms with Crippen LogP contribution in [0.2, 0.25) is 5.02 Å². The van der Waals surface area contributed by atoms with Crippen molar-refractivity contribution in [2.24, 2.45) is 0 Å². The number of aromatic carboxylic acids is 1. The number of urea groups is 1. The van der Waals surface area contributed by atoms with Crippen molar-refractivity contribution < 1.29 is 14.7 Å². The molecule has 0 spiro atoms. The summed E-state index contributed by atoms with van der Waals surface area (Å²) < 4.78 is 0. The SMILES string of the molecule is O=C(NCc1ccsc1)Nc1ccc(Cl)c(C(=O)O)c1. The van der Waals surface area contributed by atoms with Crippen LogP contribution in [0.5, 0.6) is 0 Å². The number of hydrogen-bond donors (Lipinski definition) is 3. The molecule has 0 unspecified atom stereocenters. The molecular weight excluding hydrogens is 300 g/mol. The summed E-state index contributed by atoms with van der Waals surface area (Å²) in [6.45, 7) is 0.411. The van der Waals surface area contributed by atoms with Gasteiger partial charge in [-0.1, -0.05) is 11.6 Å². The number of carbonyl (C=O) groups excluding carboxylic acids is 1. The minimum atomic E-state index is -1.14. The van der Waals surface area contributed by atoms with E-state index >= 15 is 0 Å². The summed E-state index contributed by atoms with van der Waals surface area (Å²) in [5, 5.41) is 18.2. The van der Waals surface area contributed by atoms with Crippen LogP contribution in [0.1, 0.15) is 15.9 Å². The van der Waals surface area contributed by atoms with Crippen molar-refractivity contribution in [2.75, 3.05) is 5.32 Å². The first-order chi connectivity index (χ1) is 9.56. The summed E-state index contributed by atoms with van der Waals surface area (Å²) in [5.74, 6) is -1.14. The van der Waals surface area contributed by atoms with E-state index in [0.717, 1.165) is 5.56 Å². The number of nitrogens with one attached hydrogen (secondary N) is 2. The van der Waals surface area contributed by atoms with Gasteiger partial charge in [-0.15, -0.1) is 0 Å². The molecule has 0 bridgehead atoms. The monoisotopic (exact) mass is 310 g/mol. The second kappa shape index (κ2) is 6.40. The van der Waals surface area contributed by atoms with Gasteiger partial charge in [-0.05, 0) is 40.6 Å². The van der Waals surface area contributed by atoms with Gasteiger partial charge in [-0.2, -0.15) is 11.3 Å². The third kappa shape index (κ3) is 3.72. The van der Waals surface area contributed by atoms with Gasteiger partial charge < -0.3 is 15.7 Å². The zero-order valence-corrected chi connectivity index (χ0v) is 11.8. The van der Waals surface area contributed by atoms with Gasteiger partial charge in [0.15, 0.2) is 0 Å². The number of anilines is 1. The van der Waals surface area contributed by atoms with Gasteiger partial charge >= 0.3 is 12.0 Å². The molecule has 0 saturated heterocycles. The van der Waals surface area contributed by atoms with Crippen LogP contribution in [0.3, 0.4) is 0 Å². The number of amides is 2. The van der Waals surface area contributed by atoms with E-state index in [2.05, 4.69) is 10.6 Å². The topological polar surface area (TPSA) is 78.4 Å². The van der Waals surface area contributed by atoms with Crippen molar-refractivity contribution in [3.8, 4) is 0 Å². The molecule has 2 amide bonds. The summed E-state index contributed by atoms with van der Waals surface area (Å²) in [4.78, 5) is 22.6. The fraction of sp³-hybridized carbons (Fsp3) is 0.0769. The molecule has 0 radical (unpaired) electrons. The van der Waals surface area contributed by atoms with Crippen molar-refractivity contribution in [1.82, 2.24) is 5.32 Å². The van der Waals surface area contributed by atoms with E-state index in [-0.39, 0.29) is 10.6 Å². The van der Waals surface area contributed by atoms with E-state index in [1.807, 2.05) is 16.8 Å². The van der Waals surface area contributed by atoms with Crippen LogP contribution in [0.4, 0.5) is 10.5 Å². The van der Waals surface area contributed by atoms with E-state index in [0.29, 0.717) is 12.2 Å². The summed E-state index contributed by atoms with van der Waals surface area (Å²) in [6, 6.07) is 5.79. The molecule has 1 aromatic carbocycles.